The molecule has 2 aromatic heterocycles. The van der Waals surface area contributed by atoms with Crippen LogP contribution < -0.4 is 24.6 Å². The molecule has 0 radical (unpaired) electrons. The predicted molar refractivity (Wildman–Crippen MR) is 208 cm³/mol. The van der Waals surface area contributed by atoms with Crippen molar-refractivity contribution in [2.75, 3.05) is 86.6 Å². The van der Waals surface area contributed by atoms with Gasteiger partial charge in [-0.1, -0.05) is 30.3 Å². The highest BCUT2D eigenvalue weighted by Gasteiger charge is 2.28. The second-order valence-corrected chi connectivity index (χ2v) is 15.7. The van der Waals surface area contributed by atoms with Gasteiger partial charge in [-0.25, -0.2) is 17.8 Å². The van der Waals surface area contributed by atoms with Crippen LogP contribution in [0.3, 0.4) is 0 Å². The summed E-state index contributed by atoms with van der Waals surface area (Å²) in [6.45, 7) is 6.36. The molecule has 2 saturated heterocycles. The summed E-state index contributed by atoms with van der Waals surface area (Å²) in [5, 5.41) is 6.25. The smallest absolute Gasteiger partial charge is 0.232 e. The number of hydrogen-bond donors (Lipinski definition) is 2. The molecule has 3 aromatic carbocycles. The summed E-state index contributed by atoms with van der Waals surface area (Å²) in [6, 6.07) is 18.4. The fourth-order valence-electron chi connectivity index (χ4n) is 7.16. The molecule has 5 aromatic rings. The van der Waals surface area contributed by atoms with E-state index >= 15 is 4.39 Å². The molecule has 15 heteroatoms. The molecule has 2 aliphatic rings. The fraction of sp³-hybridized carbons (Fsp3) is 0.368. The van der Waals surface area contributed by atoms with Gasteiger partial charge in [0.05, 0.1) is 36.5 Å². The van der Waals surface area contributed by atoms with E-state index in [2.05, 4.69) is 76.6 Å². The number of nitrogens with zero attached hydrogens (tertiary/aromatic N) is 8. The molecule has 0 amide bonds. The van der Waals surface area contributed by atoms with Gasteiger partial charge in [-0.2, -0.15) is 4.98 Å². The molecule has 2 aliphatic heterocycles. The maximum Gasteiger partial charge on any atom is 0.232 e. The first-order chi connectivity index (χ1) is 25.6. The van der Waals surface area contributed by atoms with Crippen LogP contribution in [0.5, 0.6) is 5.75 Å². The quantitative estimate of drug-likeness (QED) is 0.183. The Bertz CT molecular complexity index is 2180. The lowest BCUT2D eigenvalue weighted by Gasteiger charge is -2.43. The zero-order chi connectivity index (χ0) is 37.1. The molecule has 0 spiro atoms. The van der Waals surface area contributed by atoms with E-state index in [1.807, 2.05) is 18.2 Å². The lowest BCUT2D eigenvalue weighted by atomic mass is 9.97. The van der Waals surface area contributed by atoms with Crippen molar-refractivity contribution in [3.63, 3.8) is 0 Å². The number of anilines is 6. The van der Waals surface area contributed by atoms with E-state index in [4.69, 9.17) is 4.74 Å². The second-order valence-electron chi connectivity index (χ2n) is 13.7. The van der Waals surface area contributed by atoms with Crippen LogP contribution >= 0.6 is 0 Å². The molecule has 0 saturated carbocycles. The highest BCUT2D eigenvalue weighted by molar-refractivity contribution is 7.92. The van der Waals surface area contributed by atoms with E-state index in [9.17, 15) is 8.42 Å². The molecular weight excluding hydrogens is 696 g/mol. The number of fused-ring (bicyclic) bond motifs is 1. The number of methoxy groups -OCH3 is 1. The van der Waals surface area contributed by atoms with Crippen molar-refractivity contribution in [1.29, 1.82) is 0 Å². The van der Waals surface area contributed by atoms with Crippen molar-refractivity contribution in [2.24, 2.45) is 0 Å². The third-order valence-corrected chi connectivity index (χ3v) is 11.3. The van der Waals surface area contributed by atoms with E-state index in [0.717, 1.165) is 80.1 Å². The fourth-order valence-corrected chi connectivity index (χ4v) is 7.68. The Morgan fingerprint density at radius 1 is 0.925 bits per heavy atom. The Hall–Kier alpha value is -5.12. The molecule has 2 N–H and O–H groups in total. The van der Waals surface area contributed by atoms with Crippen molar-refractivity contribution < 1.29 is 17.5 Å². The minimum Gasteiger partial charge on any atom is -0.494 e. The Morgan fingerprint density at radius 3 is 2.38 bits per heavy atom. The summed E-state index contributed by atoms with van der Waals surface area (Å²) in [5.41, 5.74) is 5.34. The number of rotatable bonds is 11. The predicted octanol–water partition coefficient (Wildman–Crippen LogP) is 5.26. The monoisotopic (exact) mass is 740 g/mol. The SMILES string of the molecule is COc1cc(N2CCC(N3CCN(C)CC3)CC2)c(Cc2ccccc2)cc1Nc1ncc(F)c(Nc2ccc3nccnc3c2N(C)S(C)(=O)=O)n1. The van der Waals surface area contributed by atoms with Gasteiger partial charge in [-0.15, -0.1) is 0 Å². The summed E-state index contributed by atoms with van der Waals surface area (Å²) in [4.78, 5) is 24.9. The molecule has 13 nitrogen and oxygen atoms in total. The van der Waals surface area contributed by atoms with Crippen LogP contribution in [-0.4, -0.2) is 111 Å². The van der Waals surface area contributed by atoms with Crippen molar-refractivity contribution >= 4 is 55.6 Å². The number of hydrogen-bond acceptors (Lipinski definition) is 12. The summed E-state index contributed by atoms with van der Waals surface area (Å²) in [5.74, 6) is -0.158. The van der Waals surface area contributed by atoms with Gasteiger partial charge in [-0.05, 0) is 55.6 Å². The van der Waals surface area contributed by atoms with Gasteiger partial charge in [0.25, 0.3) is 0 Å². The number of piperidine rings is 1. The molecule has 53 heavy (non-hydrogen) atoms. The van der Waals surface area contributed by atoms with Crippen LogP contribution in [0.2, 0.25) is 0 Å². The Kier molecular flexibility index (Phi) is 10.6. The van der Waals surface area contributed by atoms with Crippen LogP contribution in [-0.2, 0) is 16.4 Å². The number of benzene rings is 3. The topological polar surface area (TPSA) is 132 Å². The summed E-state index contributed by atoms with van der Waals surface area (Å²) < 4.78 is 47.6. The number of piperazine rings is 1. The number of ether oxygens (including phenoxy) is 1. The van der Waals surface area contributed by atoms with Crippen molar-refractivity contribution in [3.05, 3.63) is 90.1 Å². The van der Waals surface area contributed by atoms with Gasteiger partial charge < -0.3 is 25.2 Å². The van der Waals surface area contributed by atoms with Gasteiger partial charge in [0.15, 0.2) is 11.6 Å². The Balaban J connectivity index is 1.18. The average Bonchev–Trinajstić information content (AvgIpc) is 3.16. The first kappa shape index (κ1) is 36.2. The lowest BCUT2D eigenvalue weighted by Crippen LogP contribution is -2.52. The van der Waals surface area contributed by atoms with Gasteiger partial charge >= 0.3 is 0 Å². The molecule has 0 unspecified atom stereocenters. The molecule has 4 heterocycles. The van der Waals surface area contributed by atoms with Crippen LogP contribution in [0.4, 0.5) is 38.9 Å². The summed E-state index contributed by atoms with van der Waals surface area (Å²) in [7, 11) is 1.52. The van der Waals surface area contributed by atoms with Gasteiger partial charge in [0.1, 0.15) is 17.0 Å². The van der Waals surface area contributed by atoms with Crippen molar-refractivity contribution in [3.8, 4) is 5.75 Å². The van der Waals surface area contributed by atoms with Crippen molar-refractivity contribution in [1.82, 2.24) is 29.7 Å². The number of aromatic nitrogens is 4. The Morgan fingerprint density at radius 2 is 1.66 bits per heavy atom. The minimum absolute atomic E-state index is 0.122. The first-order valence-electron chi connectivity index (χ1n) is 17.7. The van der Waals surface area contributed by atoms with Gasteiger partial charge in [0, 0.05) is 76.5 Å². The van der Waals surface area contributed by atoms with E-state index in [1.54, 1.807) is 19.2 Å². The zero-order valence-corrected chi connectivity index (χ0v) is 31.3. The molecule has 7 rings (SSSR count). The lowest BCUT2D eigenvalue weighted by molar-refractivity contribution is 0.0982. The van der Waals surface area contributed by atoms with E-state index in [-0.39, 0.29) is 23.1 Å². The number of likely N-dealkylation sites (N-methyl/N-ethyl adjacent to an activating group) is 1. The summed E-state index contributed by atoms with van der Waals surface area (Å²) >= 11 is 0. The average molecular weight is 741 g/mol. The number of sulfonamides is 1. The highest BCUT2D eigenvalue weighted by Crippen LogP contribution is 2.39. The molecule has 0 atom stereocenters. The van der Waals surface area contributed by atoms with Gasteiger partial charge in [-0.3, -0.25) is 19.2 Å². The second kappa shape index (κ2) is 15.5. The van der Waals surface area contributed by atoms with Crippen LogP contribution in [0.15, 0.2) is 73.2 Å². The molecule has 2 fully saturated rings. The third kappa shape index (κ3) is 8.11. The maximum atomic E-state index is 15.3. The molecule has 278 valence electrons. The molecule has 0 aliphatic carbocycles. The van der Waals surface area contributed by atoms with Crippen molar-refractivity contribution in [2.45, 2.75) is 25.3 Å². The maximum absolute atomic E-state index is 15.3. The normalized spacial score (nSPS) is 16.1. The zero-order valence-electron chi connectivity index (χ0n) is 30.5. The minimum atomic E-state index is -3.71. The van der Waals surface area contributed by atoms with Crippen LogP contribution in [0.1, 0.15) is 24.0 Å². The number of nitrogens with one attached hydrogen (secondary N) is 2. The Labute approximate surface area is 309 Å². The molecular formula is C38H45FN10O3S. The summed E-state index contributed by atoms with van der Waals surface area (Å²) in [6.07, 6.45) is 8.04. The van der Waals surface area contributed by atoms with E-state index < -0.39 is 15.8 Å². The van der Waals surface area contributed by atoms with E-state index in [1.165, 1.54) is 25.0 Å². The van der Waals surface area contributed by atoms with Gasteiger partial charge in [0.2, 0.25) is 16.0 Å². The van der Waals surface area contributed by atoms with Crippen LogP contribution in [0, 0.1) is 5.82 Å². The van der Waals surface area contributed by atoms with Crippen LogP contribution in [0.25, 0.3) is 11.0 Å². The standard InChI is InChI=1S/C38H45FN10O3S/c1-46-18-20-48(21-19-46)28-12-16-49(17-13-28)33-24-34(52-3)32(23-27(33)22-26-8-6-5-7-9-26)44-38-42-25-29(39)37(45-38)43-31-11-10-30-35(41-15-14-40-30)36(31)47(2)53(4,50)51/h5-11,14-15,23-25,28H,12-13,16-22H2,1-4H3,(H2,42,43,44,45). The van der Waals surface area contributed by atoms with E-state index in [0.29, 0.717) is 34.9 Å². The first-order valence-corrected chi connectivity index (χ1v) is 19.6. The largest absolute Gasteiger partial charge is 0.494 e. The highest BCUT2D eigenvalue weighted by atomic mass is 32.2. The molecule has 0 bridgehead atoms. The third-order valence-electron chi connectivity index (χ3n) is 10.2. The number of halogens is 1.